The van der Waals surface area contributed by atoms with Crippen LogP contribution in [-0.4, -0.2) is 13.6 Å². The highest BCUT2D eigenvalue weighted by molar-refractivity contribution is 9.10. The molecule has 0 aliphatic rings. The fourth-order valence-electron chi connectivity index (χ4n) is 0.771. The Morgan fingerprint density at radius 1 is 1.50 bits per heavy atom. The van der Waals surface area contributed by atoms with Gasteiger partial charge in [-0.15, -0.1) is 11.6 Å². The molecule has 0 aliphatic heterocycles. The summed E-state index contributed by atoms with van der Waals surface area (Å²) < 4.78 is 37.6. The maximum atomic E-state index is 13.0. The van der Waals surface area contributed by atoms with Gasteiger partial charge in [-0.05, 0) is 18.2 Å². The van der Waals surface area contributed by atoms with E-state index in [2.05, 4.69) is 15.9 Å². The molecule has 0 fully saturated rings. The average Bonchev–Trinajstić information content (AvgIpc) is 2.11. The molecule has 0 atom stereocenters. The van der Waals surface area contributed by atoms with E-state index >= 15 is 0 Å². The Kier molecular flexibility index (Phi) is 3.74. The van der Waals surface area contributed by atoms with Crippen molar-refractivity contribution in [2.45, 2.75) is 0 Å². The molecule has 0 unspecified atom stereocenters. The lowest BCUT2D eigenvalue weighted by Gasteiger charge is -2.06. The third kappa shape index (κ3) is 3.11. The summed E-state index contributed by atoms with van der Waals surface area (Å²) in [6.45, 7) is 0. The van der Waals surface area contributed by atoms with Crippen LogP contribution in [0, 0.1) is 5.82 Å². The molecule has 3 nitrogen and oxygen atoms in total. The minimum atomic E-state index is -3.66. The molecular weight excluding hydrogens is 297 g/mol. The second-order valence-corrected chi connectivity index (χ2v) is 5.67. The molecule has 0 saturated carbocycles. The number of rotatable bonds is 3. The first-order chi connectivity index (χ1) is 6.44. The second kappa shape index (κ2) is 4.46. The van der Waals surface area contributed by atoms with Crippen LogP contribution in [0.15, 0.2) is 22.7 Å². The fraction of sp³-hybridized carbons (Fsp3) is 0.143. The zero-order valence-corrected chi connectivity index (χ0v) is 9.96. The molecule has 1 aromatic rings. The molecular formula is C7H6BrClFNO2S. The largest absolute Gasteiger partial charge is 0.280 e. The van der Waals surface area contributed by atoms with E-state index in [0.29, 0.717) is 4.47 Å². The molecule has 1 aromatic carbocycles. The number of nitrogens with one attached hydrogen (secondary N) is 1. The Labute approximate surface area is 94.4 Å². The van der Waals surface area contributed by atoms with Gasteiger partial charge in [0.05, 0.1) is 5.69 Å². The Balaban J connectivity index is 3.03. The molecule has 1 N–H and O–H groups in total. The lowest BCUT2D eigenvalue weighted by molar-refractivity contribution is 0.602. The maximum absolute atomic E-state index is 13.0. The van der Waals surface area contributed by atoms with E-state index in [1.54, 1.807) is 0 Å². The summed E-state index contributed by atoms with van der Waals surface area (Å²) in [6.07, 6.45) is 0. The van der Waals surface area contributed by atoms with Crippen LogP contribution in [0.2, 0.25) is 0 Å². The summed E-state index contributed by atoms with van der Waals surface area (Å²) in [5, 5.41) is -0.612. The van der Waals surface area contributed by atoms with E-state index in [0.717, 1.165) is 6.07 Å². The Morgan fingerprint density at radius 2 is 2.14 bits per heavy atom. The van der Waals surface area contributed by atoms with Gasteiger partial charge in [0.2, 0.25) is 10.0 Å². The van der Waals surface area contributed by atoms with Gasteiger partial charge in [-0.3, -0.25) is 4.72 Å². The van der Waals surface area contributed by atoms with Gasteiger partial charge in [0.25, 0.3) is 0 Å². The minimum Gasteiger partial charge on any atom is -0.280 e. The predicted molar refractivity (Wildman–Crippen MR) is 57.4 cm³/mol. The summed E-state index contributed by atoms with van der Waals surface area (Å²) in [4.78, 5) is 0. The lowest BCUT2D eigenvalue weighted by Crippen LogP contribution is -2.14. The van der Waals surface area contributed by atoms with Crippen LogP contribution in [-0.2, 0) is 10.0 Å². The molecule has 0 saturated heterocycles. The highest BCUT2D eigenvalue weighted by Gasteiger charge is 2.11. The van der Waals surface area contributed by atoms with Gasteiger partial charge >= 0.3 is 0 Å². The molecule has 14 heavy (non-hydrogen) atoms. The molecule has 1 rings (SSSR count). The van der Waals surface area contributed by atoms with Crippen molar-refractivity contribution in [3.63, 3.8) is 0 Å². The van der Waals surface area contributed by atoms with E-state index in [1.807, 2.05) is 4.72 Å². The van der Waals surface area contributed by atoms with Crippen LogP contribution in [0.25, 0.3) is 0 Å². The Bertz CT molecular complexity index is 437. The average molecular weight is 303 g/mol. The van der Waals surface area contributed by atoms with E-state index in [4.69, 9.17) is 11.6 Å². The van der Waals surface area contributed by atoms with Gasteiger partial charge in [0, 0.05) is 4.47 Å². The molecule has 0 bridgehead atoms. The third-order valence-electron chi connectivity index (χ3n) is 1.34. The second-order valence-electron chi connectivity index (χ2n) is 2.45. The maximum Gasteiger partial charge on any atom is 0.246 e. The predicted octanol–water partition coefficient (Wildman–Crippen LogP) is 2.53. The summed E-state index contributed by atoms with van der Waals surface area (Å²) in [6, 6.07) is 3.93. The first-order valence-corrected chi connectivity index (χ1v) is 6.44. The van der Waals surface area contributed by atoms with Gasteiger partial charge in [-0.1, -0.05) is 15.9 Å². The highest BCUT2D eigenvalue weighted by atomic mass is 79.9. The number of benzene rings is 1. The number of hydrogen-bond donors (Lipinski definition) is 1. The van der Waals surface area contributed by atoms with Crippen molar-refractivity contribution in [3.05, 3.63) is 28.5 Å². The van der Waals surface area contributed by atoms with Gasteiger partial charge in [-0.2, -0.15) is 0 Å². The van der Waals surface area contributed by atoms with Crippen LogP contribution < -0.4 is 4.72 Å². The Hall–Kier alpha value is -0.330. The van der Waals surface area contributed by atoms with Crippen molar-refractivity contribution in [1.29, 1.82) is 0 Å². The molecule has 78 valence electrons. The normalized spacial score (nSPS) is 11.4. The van der Waals surface area contributed by atoms with Gasteiger partial charge < -0.3 is 0 Å². The van der Waals surface area contributed by atoms with Crippen LogP contribution in [0.4, 0.5) is 10.1 Å². The summed E-state index contributed by atoms with van der Waals surface area (Å²) in [7, 11) is -3.66. The number of anilines is 1. The van der Waals surface area contributed by atoms with Crippen LogP contribution in [0.3, 0.4) is 0 Å². The lowest BCUT2D eigenvalue weighted by atomic mass is 10.3. The standard InChI is InChI=1S/C7H6BrClFNO2S/c8-5-1-2-6(10)7(3-5)11-14(12,13)4-9/h1-3,11H,4H2. The van der Waals surface area contributed by atoms with E-state index in [1.165, 1.54) is 12.1 Å². The van der Waals surface area contributed by atoms with Crippen molar-refractivity contribution < 1.29 is 12.8 Å². The summed E-state index contributed by atoms with van der Waals surface area (Å²) in [5.41, 5.74) is -0.125. The summed E-state index contributed by atoms with van der Waals surface area (Å²) >= 11 is 8.24. The van der Waals surface area contributed by atoms with Crippen molar-refractivity contribution >= 4 is 43.2 Å². The molecule has 0 aliphatic carbocycles. The first-order valence-electron chi connectivity index (χ1n) is 3.46. The molecule has 0 amide bonds. The zero-order chi connectivity index (χ0) is 10.8. The third-order valence-corrected chi connectivity index (χ3v) is 3.51. The Morgan fingerprint density at radius 3 is 2.71 bits per heavy atom. The molecule has 0 radical (unpaired) electrons. The van der Waals surface area contributed by atoms with Gasteiger partial charge in [0.1, 0.15) is 11.0 Å². The SMILES string of the molecule is O=S(=O)(CCl)Nc1cc(Br)ccc1F. The van der Waals surface area contributed by atoms with Gasteiger partial charge in [-0.25, -0.2) is 12.8 Å². The van der Waals surface area contributed by atoms with Crippen LogP contribution in [0.5, 0.6) is 0 Å². The fourth-order valence-corrected chi connectivity index (χ4v) is 1.84. The van der Waals surface area contributed by atoms with E-state index < -0.39 is 21.1 Å². The smallest absolute Gasteiger partial charge is 0.246 e. The van der Waals surface area contributed by atoms with Crippen molar-refractivity contribution in [1.82, 2.24) is 0 Å². The summed E-state index contributed by atoms with van der Waals surface area (Å²) in [5.74, 6) is -0.651. The van der Waals surface area contributed by atoms with Crippen molar-refractivity contribution in [2.75, 3.05) is 9.93 Å². The van der Waals surface area contributed by atoms with Gasteiger partial charge in [0.15, 0.2) is 0 Å². The van der Waals surface area contributed by atoms with Crippen molar-refractivity contribution in [2.24, 2.45) is 0 Å². The quantitative estimate of drug-likeness (QED) is 0.872. The minimum absolute atomic E-state index is 0.125. The van der Waals surface area contributed by atoms with Crippen LogP contribution >= 0.6 is 27.5 Å². The molecule has 7 heteroatoms. The highest BCUT2D eigenvalue weighted by Crippen LogP contribution is 2.21. The topological polar surface area (TPSA) is 46.2 Å². The number of halogens is 3. The molecule has 0 heterocycles. The first kappa shape index (κ1) is 11.7. The van der Waals surface area contributed by atoms with E-state index in [-0.39, 0.29) is 5.69 Å². The molecule has 0 aromatic heterocycles. The van der Waals surface area contributed by atoms with Crippen molar-refractivity contribution in [3.8, 4) is 0 Å². The molecule has 0 spiro atoms. The van der Waals surface area contributed by atoms with Crippen LogP contribution in [0.1, 0.15) is 0 Å². The number of hydrogen-bond acceptors (Lipinski definition) is 2. The van der Waals surface area contributed by atoms with E-state index in [9.17, 15) is 12.8 Å². The number of sulfonamides is 1. The monoisotopic (exact) mass is 301 g/mol. The zero-order valence-electron chi connectivity index (χ0n) is 6.80. The number of alkyl halides is 1.